The fourth-order valence-electron chi connectivity index (χ4n) is 3.30. The van der Waals surface area contributed by atoms with Crippen molar-refractivity contribution in [1.29, 1.82) is 0 Å². The number of piperazine rings is 1. The molecule has 0 saturated carbocycles. The lowest BCUT2D eigenvalue weighted by Gasteiger charge is -2.31. The van der Waals surface area contributed by atoms with Crippen LogP contribution in [0.25, 0.3) is 0 Å². The van der Waals surface area contributed by atoms with Crippen LogP contribution in [0.1, 0.15) is 5.56 Å². The van der Waals surface area contributed by atoms with Gasteiger partial charge in [-0.05, 0) is 24.3 Å². The summed E-state index contributed by atoms with van der Waals surface area (Å²) >= 11 is 0. The quantitative estimate of drug-likeness (QED) is 0.747. The number of phenolic OH excluding ortho intramolecular Hbond substituents is 1. The predicted molar refractivity (Wildman–Crippen MR) is 101 cm³/mol. The Hall–Kier alpha value is -2.29. The first-order valence-electron chi connectivity index (χ1n) is 8.78. The number of sulfonamides is 1. The molecule has 0 radical (unpaired) electrons. The molecule has 1 heterocycles. The van der Waals surface area contributed by atoms with E-state index in [1.807, 2.05) is 0 Å². The predicted octanol–water partition coefficient (Wildman–Crippen LogP) is 0.499. The van der Waals surface area contributed by atoms with E-state index < -0.39 is 10.0 Å². The van der Waals surface area contributed by atoms with E-state index in [0.29, 0.717) is 49.1 Å². The molecule has 0 aromatic heterocycles. The van der Waals surface area contributed by atoms with Crippen LogP contribution in [0.4, 0.5) is 0 Å². The van der Waals surface area contributed by atoms with E-state index in [4.69, 9.17) is 9.47 Å². The second kappa shape index (κ2) is 8.16. The van der Waals surface area contributed by atoms with Crippen molar-refractivity contribution in [1.82, 2.24) is 4.31 Å². The first-order valence-corrected chi connectivity index (χ1v) is 10.2. The maximum atomic E-state index is 12.7. The Morgan fingerprint density at radius 1 is 1.04 bits per heavy atom. The number of methoxy groups -OCH3 is 2. The van der Waals surface area contributed by atoms with E-state index in [2.05, 4.69) is 0 Å². The molecule has 2 N–H and O–H groups in total. The zero-order chi connectivity index (χ0) is 19.4. The van der Waals surface area contributed by atoms with Crippen molar-refractivity contribution >= 4 is 10.0 Å². The second-order valence-electron chi connectivity index (χ2n) is 6.49. The van der Waals surface area contributed by atoms with Gasteiger partial charge in [0.1, 0.15) is 6.54 Å². The molecule has 3 rings (SSSR count). The van der Waals surface area contributed by atoms with Gasteiger partial charge in [0, 0.05) is 5.56 Å². The Bertz CT molecular complexity index is 853. The monoisotopic (exact) mass is 393 g/mol. The van der Waals surface area contributed by atoms with Gasteiger partial charge < -0.3 is 19.5 Å². The third kappa shape index (κ3) is 4.18. The van der Waals surface area contributed by atoms with Gasteiger partial charge in [-0.2, -0.15) is 4.31 Å². The minimum Gasteiger partial charge on any atom is -0.502 e. The first-order chi connectivity index (χ1) is 13.0. The minimum absolute atomic E-state index is 0.0162. The van der Waals surface area contributed by atoms with Crippen molar-refractivity contribution in [2.75, 3.05) is 40.4 Å². The fourth-order valence-corrected chi connectivity index (χ4v) is 4.76. The zero-order valence-electron chi connectivity index (χ0n) is 15.5. The maximum absolute atomic E-state index is 12.7. The largest absolute Gasteiger partial charge is 0.502 e. The van der Waals surface area contributed by atoms with Crippen LogP contribution in [0, 0.1) is 0 Å². The molecule has 146 valence electrons. The number of nitrogens with zero attached hydrogens (tertiary/aromatic N) is 1. The van der Waals surface area contributed by atoms with Crippen LogP contribution in [0.3, 0.4) is 0 Å². The van der Waals surface area contributed by atoms with E-state index in [0.717, 1.165) is 5.56 Å². The molecule has 27 heavy (non-hydrogen) atoms. The lowest BCUT2D eigenvalue weighted by molar-refractivity contribution is -0.917. The van der Waals surface area contributed by atoms with Crippen LogP contribution in [-0.2, 0) is 16.6 Å². The highest BCUT2D eigenvalue weighted by atomic mass is 32.2. The Morgan fingerprint density at radius 3 is 2.11 bits per heavy atom. The van der Waals surface area contributed by atoms with Crippen LogP contribution >= 0.6 is 0 Å². The van der Waals surface area contributed by atoms with Gasteiger partial charge >= 0.3 is 0 Å². The molecule has 1 aliphatic rings. The molecule has 0 aliphatic carbocycles. The van der Waals surface area contributed by atoms with Crippen molar-refractivity contribution < 1.29 is 27.9 Å². The highest BCUT2D eigenvalue weighted by Crippen LogP contribution is 2.36. The van der Waals surface area contributed by atoms with Crippen molar-refractivity contribution in [3.63, 3.8) is 0 Å². The molecule has 8 heteroatoms. The number of hydrogen-bond donors (Lipinski definition) is 2. The molecule has 0 unspecified atom stereocenters. The van der Waals surface area contributed by atoms with Gasteiger partial charge in [-0.3, -0.25) is 0 Å². The summed E-state index contributed by atoms with van der Waals surface area (Å²) in [6, 6.07) is 12.1. The molecular weight excluding hydrogens is 368 g/mol. The van der Waals surface area contributed by atoms with Gasteiger partial charge in [-0.15, -0.1) is 0 Å². The smallest absolute Gasteiger partial charge is 0.243 e. The highest BCUT2D eigenvalue weighted by Gasteiger charge is 2.30. The van der Waals surface area contributed by atoms with Crippen LogP contribution in [0.5, 0.6) is 17.2 Å². The minimum atomic E-state index is -3.44. The van der Waals surface area contributed by atoms with Gasteiger partial charge in [0.15, 0.2) is 11.5 Å². The first kappa shape index (κ1) is 19.5. The van der Waals surface area contributed by atoms with Gasteiger partial charge in [-0.25, -0.2) is 8.42 Å². The third-order valence-electron chi connectivity index (χ3n) is 4.80. The zero-order valence-corrected chi connectivity index (χ0v) is 16.3. The Labute approximate surface area is 159 Å². The van der Waals surface area contributed by atoms with Crippen LogP contribution in [0.2, 0.25) is 0 Å². The Balaban J connectivity index is 1.67. The van der Waals surface area contributed by atoms with E-state index in [1.165, 1.54) is 19.1 Å². The normalized spacial score (nSPS) is 16.2. The molecule has 7 nitrogen and oxygen atoms in total. The number of benzene rings is 2. The van der Waals surface area contributed by atoms with Crippen LogP contribution < -0.4 is 14.4 Å². The van der Waals surface area contributed by atoms with Crippen molar-refractivity contribution in [3.8, 4) is 17.2 Å². The maximum Gasteiger partial charge on any atom is 0.243 e. The lowest BCUT2D eigenvalue weighted by atomic mass is 10.1. The van der Waals surface area contributed by atoms with Gasteiger partial charge in [0.25, 0.3) is 0 Å². The Morgan fingerprint density at radius 2 is 1.59 bits per heavy atom. The summed E-state index contributed by atoms with van der Waals surface area (Å²) in [6.45, 7) is 3.05. The number of phenols is 1. The number of hydrogen-bond acceptors (Lipinski definition) is 5. The Kier molecular flexibility index (Phi) is 5.88. The molecule has 0 amide bonds. The molecule has 1 saturated heterocycles. The van der Waals surface area contributed by atoms with Crippen LogP contribution in [-0.4, -0.2) is 58.2 Å². The summed E-state index contributed by atoms with van der Waals surface area (Å²) in [5.41, 5.74) is 0.968. The van der Waals surface area contributed by atoms with Gasteiger partial charge in [-0.1, -0.05) is 18.2 Å². The second-order valence-corrected chi connectivity index (χ2v) is 8.43. The summed E-state index contributed by atoms with van der Waals surface area (Å²) in [7, 11) is -0.442. The van der Waals surface area contributed by atoms with Crippen molar-refractivity contribution in [2.24, 2.45) is 0 Å². The molecule has 0 atom stereocenters. The summed E-state index contributed by atoms with van der Waals surface area (Å²) in [6.07, 6.45) is 0. The fraction of sp³-hybridized carbons (Fsp3) is 0.368. The summed E-state index contributed by atoms with van der Waals surface area (Å²) < 4.78 is 37.4. The van der Waals surface area contributed by atoms with E-state index in [9.17, 15) is 13.5 Å². The van der Waals surface area contributed by atoms with E-state index in [1.54, 1.807) is 46.8 Å². The number of rotatable bonds is 6. The molecule has 2 aromatic rings. The van der Waals surface area contributed by atoms with E-state index >= 15 is 0 Å². The average molecular weight is 393 g/mol. The van der Waals surface area contributed by atoms with Gasteiger partial charge in [0.2, 0.25) is 15.8 Å². The molecular formula is C19H25N2O5S+. The van der Waals surface area contributed by atoms with Crippen molar-refractivity contribution in [2.45, 2.75) is 11.4 Å². The summed E-state index contributed by atoms with van der Waals surface area (Å²) in [4.78, 5) is 1.60. The molecule has 0 bridgehead atoms. The van der Waals surface area contributed by atoms with E-state index in [-0.39, 0.29) is 5.75 Å². The van der Waals surface area contributed by atoms with Crippen LogP contribution in [0.15, 0.2) is 47.4 Å². The number of ether oxygens (including phenoxy) is 2. The molecule has 1 fully saturated rings. The standard InChI is InChI=1S/C19H24N2O5S/c1-25-17-12-15(13-18(26-2)19(17)22)14-20-8-10-21(11-9-20)27(23,24)16-6-4-3-5-7-16/h3-7,12-13,22H,8-11,14H2,1-2H3/p+1. The van der Waals surface area contributed by atoms with Gasteiger partial charge in [0.05, 0.1) is 45.3 Å². The number of quaternary nitrogens is 1. The molecule has 2 aromatic carbocycles. The summed E-state index contributed by atoms with van der Waals surface area (Å²) in [5.74, 6) is 0.723. The molecule has 1 aliphatic heterocycles. The topological polar surface area (TPSA) is 80.5 Å². The summed E-state index contributed by atoms with van der Waals surface area (Å²) in [5, 5.41) is 10.0. The molecule has 0 spiro atoms. The SMILES string of the molecule is COc1cc(C[NH+]2CCN(S(=O)(=O)c3ccccc3)CC2)cc(OC)c1O. The number of aromatic hydroxyl groups is 1. The lowest BCUT2D eigenvalue weighted by Crippen LogP contribution is -3.13. The third-order valence-corrected chi connectivity index (χ3v) is 6.72. The highest BCUT2D eigenvalue weighted by molar-refractivity contribution is 7.89. The number of nitrogens with one attached hydrogen (secondary N) is 1. The average Bonchev–Trinajstić information content (AvgIpc) is 2.70. The van der Waals surface area contributed by atoms with Crippen molar-refractivity contribution in [3.05, 3.63) is 48.0 Å².